The zero-order valence-electron chi connectivity index (χ0n) is 19.2. The third-order valence-corrected chi connectivity index (χ3v) is 5.91. The van der Waals surface area contributed by atoms with Crippen molar-refractivity contribution >= 4 is 22.8 Å². The summed E-state index contributed by atoms with van der Waals surface area (Å²) < 4.78 is 5.73. The lowest BCUT2D eigenvalue weighted by molar-refractivity contribution is 0.327. The third-order valence-electron chi connectivity index (χ3n) is 5.91. The van der Waals surface area contributed by atoms with Crippen LogP contribution in [-0.4, -0.2) is 52.7 Å². The summed E-state index contributed by atoms with van der Waals surface area (Å²) in [5, 5.41) is 20.6. The quantitative estimate of drug-likeness (QED) is 0.439. The minimum atomic E-state index is 0.246. The number of rotatable bonds is 5. The highest BCUT2D eigenvalue weighted by Gasteiger charge is 2.25. The molecule has 0 spiro atoms. The number of hydrogen-bond donors (Lipinski definition) is 0. The SMILES string of the molecule is CCOc1nc2nc(N3CCN(c4ncccn4)CC3)c(C#N)cc2c(-c2ccccc2)c1C#N. The summed E-state index contributed by atoms with van der Waals surface area (Å²) in [5.74, 6) is 1.52. The summed E-state index contributed by atoms with van der Waals surface area (Å²) in [7, 11) is 0. The van der Waals surface area contributed by atoms with Crippen LogP contribution < -0.4 is 14.5 Å². The Morgan fingerprint density at radius 2 is 1.63 bits per heavy atom. The Morgan fingerprint density at radius 3 is 2.29 bits per heavy atom. The molecular weight excluding hydrogens is 440 g/mol. The van der Waals surface area contributed by atoms with Crippen LogP contribution in [-0.2, 0) is 0 Å². The molecular formula is C26H22N8O. The molecule has 0 radical (unpaired) electrons. The molecule has 1 fully saturated rings. The standard InChI is InChI=1S/C26H22N8O/c1-2-35-25-21(17-28)22(18-7-4-3-5-8-18)20-15-19(16-27)24(31-23(20)32-25)33-11-13-34(14-12-33)26-29-9-6-10-30-26/h3-10,15H,2,11-14H2,1H3. The first kappa shape index (κ1) is 22.1. The number of nitrogens with zero attached hydrogens (tertiary/aromatic N) is 8. The van der Waals surface area contributed by atoms with Gasteiger partial charge in [-0.05, 0) is 24.6 Å². The molecule has 0 atom stereocenters. The fraction of sp³-hybridized carbons (Fsp3) is 0.231. The molecule has 3 aromatic heterocycles. The summed E-state index contributed by atoms with van der Waals surface area (Å²) in [6, 6.07) is 17.7. The first-order chi connectivity index (χ1) is 17.2. The molecule has 0 saturated carbocycles. The molecule has 0 amide bonds. The molecule has 1 saturated heterocycles. The van der Waals surface area contributed by atoms with E-state index < -0.39 is 0 Å². The van der Waals surface area contributed by atoms with Gasteiger partial charge in [-0.3, -0.25) is 0 Å². The van der Waals surface area contributed by atoms with E-state index in [0.29, 0.717) is 72.3 Å². The molecule has 35 heavy (non-hydrogen) atoms. The molecule has 0 N–H and O–H groups in total. The molecule has 172 valence electrons. The molecule has 1 aliphatic heterocycles. The number of ether oxygens (including phenoxy) is 1. The van der Waals surface area contributed by atoms with Gasteiger partial charge in [0.2, 0.25) is 11.8 Å². The number of pyridine rings is 2. The number of benzene rings is 1. The van der Waals surface area contributed by atoms with E-state index in [4.69, 9.17) is 9.72 Å². The van der Waals surface area contributed by atoms with Gasteiger partial charge >= 0.3 is 0 Å². The van der Waals surface area contributed by atoms with Gasteiger partial charge in [0.05, 0.1) is 12.2 Å². The predicted molar refractivity (Wildman–Crippen MR) is 132 cm³/mol. The van der Waals surface area contributed by atoms with Crippen molar-refractivity contribution in [2.45, 2.75) is 6.92 Å². The number of aromatic nitrogens is 4. The van der Waals surface area contributed by atoms with Crippen LogP contribution in [0.5, 0.6) is 5.88 Å². The molecule has 5 rings (SSSR count). The maximum atomic E-state index is 10.0. The highest BCUT2D eigenvalue weighted by Crippen LogP contribution is 2.37. The highest BCUT2D eigenvalue weighted by atomic mass is 16.5. The van der Waals surface area contributed by atoms with Gasteiger partial charge < -0.3 is 14.5 Å². The smallest absolute Gasteiger partial charge is 0.234 e. The second-order valence-electron chi connectivity index (χ2n) is 7.94. The molecule has 9 heteroatoms. The number of nitriles is 2. The van der Waals surface area contributed by atoms with Gasteiger partial charge in [-0.15, -0.1) is 0 Å². The molecule has 4 aromatic rings. The average Bonchev–Trinajstić information content (AvgIpc) is 2.93. The Hall–Kier alpha value is -4.76. The predicted octanol–water partition coefficient (Wildman–Crippen LogP) is 3.56. The molecule has 0 aliphatic carbocycles. The van der Waals surface area contributed by atoms with Crippen molar-refractivity contribution in [3.05, 3.63) is 66.0 Å². The third kappa shape index (κ3) is 4.16. The second kappa shape index (κ2) is 9.62. The van der Waals surface area contributed by atoms with E-state index in [-0.39, 0.29) is 5.88 Å². The van der Waals surface area contributed by atoms with Crippen LogP contribution in [0.4, 0.5) is 11.8 Å². The monoisotopic (exact) mass is 462 g/mol. The van der Waals surface area contributed by atoms with Gasteiger partial charge in [0.15, 0.2) is 5.65 Å². The van der Waals surface area contributed by atoms with Gasteiger partial charge in [-0.25, -0.2) is 15.0 Å². The summed E-state index contributed by atoms with van der Waals surface area (Å²) >= 11 is 0. The minimum absolute atomic E-state index is 0.246. The van der Waals surface area contributed by atoms with Crippen molar-refractivity contribution in [3.63, 3.8) is 0 Å². The van der Waals surface area contributed by atoms with E-state index in [9.17, 15) is 10.5 Å². The lowest BCUT2D eigenvalue weighted by atomic mass is 9.97. The van der Waals surface area contributed by atoms with Crippen LogP contribution in [0, 0.1) is 22.7 Å². The fourth-order valence-electron chi connectivity index (χ4n) is 4.30. The molecule has 9 nitrogen and oxygen atoms in total. The number of anilines is 2. The van der Waals surface area contributed by atoms with Gasteiger partial charge in [-0.1, -0.05) is 30.3 Å². The van der Waals surface area contributed by atoms with E-state index in [1.807, 2.05) is 37.3 Å². The van der Waals surface area contributed by atoms with E-state index in [1.165, 1.54) is 0 Å². The average molecular weight is 463 g/mol. The summed E-state index contributed by atoms with van der Waals surface area (Å²) in [6.07, 6.45) is 3.46. The largest absolute Gasteiger partial charge is 0.477 e. The lowest BCUT2D eigenvalue weighted by Gasteiger charge is -2.35. The van der Waals surface area contributed by atoms with Crippen LogP contribution in [0.3, 0.4) is 0 Å². The second-order valence-corrected chi connectivity index (χ2v) is 7.94. The molecule has 1 aliphatic rings. The summed E-state index contributed by atoms with van der Waals surface area (Å²) in [4.78, 5) is 22.3. The van der Waals surface area contributed by atoms with Crippen molar-refractivity contribution in [1.82, 2.24) is 19.9 Å². The van der Waals surface area contributed by atoms with E-state index in [2.05, 4.69) is 36.9 Å². The molecule has 0 bridgehead atoms. The maximum absolute atomic E-state index is 10.0. The zero-order valence-corrected chi connectivity index (χ0v) is 19.2. The topological polar surface area (TPSA) is 115 Å². The lowest BCUT2D eigenvalue weighted by Crippen LogP contribution is -2.47. The van der Waals surface area contributed by atoms with Gasteiger partial charge in [0, 0.05) is 49.5 Å². The molecule has 1 aromatic carbocycles. The van der Waals surface area contributed by atoms with Gasteiger partial charge in [0.1, 0.15) is 23.5 Å². The van der Waals surface area contributed by atoms with E-state index in [0.717, 1.165) is 5.56 Å². The van der Waals surface area contributed by atoms with Crippen LogP contribution in [0.15, 0.2) is 54.9 Å². The normalized spacial score (nSPS) is 13.3. The van der Waals surface area contributed by atoms with Crippen molar-refractivity contribution in [1.29, 1.82) is 10.5 Å². The fourth-order valence-corrected chi connectivity index (χ4v) is 4.30. The number of fused-ring (bicyclic) bond motifs is 1. The Kier molecular flexibility index (Phi) is 6.06. The van der Waals surface area contributed by atoms with Crippen LogP contribution >= 0.6 is 0 Å². The Labute approximate surface area is 202 Å². The van der Waals surface area contributed by atoms with Crippen molar-refractivity contribution in [2.24, 2.45) is 0 Å². The Balaban J connectivity index is 1.60. The van der Waals surface area contributed by atoms with Gasteiger partial charge in [0.25, 0.3) is 0 Å². The molecule has 0 unspecified atom stereocenters. The minimum Gasteiger partial charge on any atom is -0.477 e. The summed E-state index contributed by atoms with van der Waals surface area (Å²) in [5.41, 5.74) is 2.72. The maximum Gasteiger partial charge on any atom is 0.234 e. The van der Waals surface area contributed by atoms with Crippen molar-refractivity contribution in [2.75, 3.05) is 42.6 Å². The summed E-state index contributed by atoms with van der Waals surface area (Å²) in [6.45, 7) is 4.94. The van der Waals surface area contributed by atoms with Gasteiger partial charge in [-0.2, -0.15) is 15.5 Å². The van der Waals surface area contributed by atoms with Crippen LogP contribution in [0.2, 0.25) is 0 Å². The number of piperazine rings is 1. The zero-order chi connectivity index (χ0) is 24.2. The number of hydrogen-bond acceptors (Lipinski definition) is 9. The first-order valence-corrected chi connectivity index (χ1v) is 11.4. The van der Waals surface area contributed by atoms with E-state index >= 15 is 0 Å². The van der Waals surface area contributed by atoms with E-state index in [1.54, 1.807) is 24.5 Å². The van der Waals surface area contributed by atoms with Crippen LogP contribution in [0.1, 0.15) is 18.1 Å². The van der Waals surface area contributed by atoms with Crippen molar-refractivity contribution < 1.29 is 4.74 Å². The Morgan fingerprint density at radius 1 is 0.914 bits per heavy atom. The van der Waals surface area contributed by atoms with Crippen molar-refractivity contribution in [3.8, 4) is 29.1 Å². The molecule has 4 heterocycles. The first-order valence-electron chi connectivity index (χ1n) is 11.4. The highest BCUT2D eigenvalue weighted by molar-refractivity contribution is 5.98. The Bertz CT molecular complexity index is 1440. The van der Waals surface area contributed by atoms with Crippen LogP contribution in [0.25, 0.3) is 22.2 Å².